The lowest BCUT2D eigenvalue weighted by Crippen LogP contribution is -2.25. The molecule has 2 heteroatoms. The summed E-state index contributed by atoms with van der Waals surface area (Å²) in [6.45, 7) is 5.48. The van der Waals surface area contributed by atoms with Crippen molar-refractivity contribution in [3.05, 3.63) is 0 Å². The van der Waals surface area contributed by atoms with Crippen molar-refractivity contribution in [3.63, 3.8) is 0 Å². The van der Waals surface area contributed by atoms with E-state index in [4.69, 9.17) is 0 Å². The van der Waals surface area contributed by atoms with Gasteiger partial charge >= 0.3 is 0 Å². The van der Waals surface area contributed by atoms with E-state index >= 15 is 0 Å². The quantitative estimate of drug-likeness (QED) is 0.635. The lowest BCUT2D eigenvalue weighted by atomic mass is 10.3. The SMILES string of the molecule is CCNC(C)CCSC. The molecule has 56 valence electrons. The predicted molar refractivity (Wildman–Crippen MR) is 46.1 cm³/mol. The maximum Gasteiger partial charge on any atom is 0.00464 e. The molecule has 0 aromatic heterocycles. The van der Waals surface area contributed by atoms with Gasteiger partial charge < -0.3 is 5.32 Å². The third-order valence-electron chi connectivity index (χ3n) is 1.31. The summed E-state index contributed by atoms with van der Waals surface area (Å²) in [5, 5.41) is 3.37. The van der Waals surface area contributed by atoms with E-state index in [-0.39, 0.29) is 0 Å². The Bertz CT molecular complexity index is 56.9. The Labute approximate surface area is 62.6 Å². The zero-order valence-corrected chi connectivity index (χ0v) is 7.42. The van der Waals surface area contributed by atoms with E-state index in [1.165, 1.54) is 12.2 Å². The fourth-order valence-corrected chi connectivity index (χ4v) is 1.33. The van der Waals surface area contributed by atoms with Crippen molar-refractivity contribution in [2.24, 2.45) is 0 Å². The Morgan fingerprint density at radius 1 is 1.56 bits per heavy atom. The van der Waals surface area contributed by atoms with Crippen LogP contribution in [0.1, 0.15) is 20.3 Å². The second-order valence-corrected chi connectivity index (χ2v) is 3.23. The zero-order valence-electron chi connectivity index (χ0n) is 6.61. The Balaban J connectivity index is 2.95. The molecule has 1 unspecified atom stereocenters. The van der Waals surface area contributed by atoms with E-state index in [1.54, 1.807) is 0 Å². The second-order valence-electron chi connectivity index (χ2n) is 2.24. The number of hydrogen-bond acceptors (Lipinski definition) is 2. The highest BCUT2D eigenvalue weighted by Crippen LogP contribution is 1.98. The summed E-state index contributed by atoms with van der Waals surface area (Å²) < 4.78 is 0. The Morgan fingerprint density at radius 3 is 2.67 bits per heavy atom. The minimum atomic E-state index is 0.697. The molecule has 0 amide bonds. The summed E-state index contributed by atoms with van der Waals surface area (Å²) in [7, 11) is 0. The number of thioether (sulfide) groups is 1. The van der Waals surface area contributed by atoms with Gasteiger partial charge in [-0.2, -0.15) is 11.8 Å². The number of hydrogen-bond donors (Lipinski definition) is 1. The van der Waals surface area contributed by atoms with Crippen LogP contribution in [-0.2, 0) is 0 Å². The van der Waals surface area contributed by atoms with Crippen LogP contribution < -0.4 is 5.32 Å². The summed E-state index contributed by atoms with van der Waals surface area (Å²) >= 11 is 1.92. The molecule has 0 fully saturated rings. The number of nitrogens with one attached hydrogen (secondary N) is 1. The van der Waals surface area contributed by atoms with Crippen molar-refractivity contribution >= 4 is 11.8 Å². The van der Waals surface area contributed by atoms with Gasteiger partial charge in [0.15, 0.2) is 0 Å². The fourth-order valence-electron chi connectivity index (χ4n) is 0.745. The topological polar surface area (TPSA) is 12.0 Å². The molecule has 0 spiro atoms. The molecule has 1 nitrogen and oxygen atoms in total. The molecule has 0 aliphatic rings. The predicted octanol–water partition coefficient (Wildman–Crippen LogP) is 1.74. The molecule has 0 aromatic carbocycles. The van der Waals surface area contributed by atoms with Crippen molar-refractivity contribution in [2.45, 2.75) is 26.3 Å². The third kappa shape index (κ3) is 6.19. The maximum absolute atomic E-state index is 3.37. The van der Waals surface area contributed by atoms with Crippen molar-refractivity contribution < 1.29 is 0 Å². The average Bonchev–Trinajstić information content (AvgIpc) is 1.85. The average molecular weight is 147 g/mol. The molecule has 1 atom stereocenters. The van der Waals surface area contributed by atoms with Gasteiger partial charge in [-0.3, -0.25) is 0 Å². The van der Waals surface area contributed by atoms with Gasteiger partial charge in [0, 0.05) is 6.04 Å². The molecule has 0 heterocycles. The van der Waals surface area contributed by atoms with Crippen LogP contribution in [0.15, 0.2) is 0 Å². The van der Waals surface area contributed by atoms with Crippen molar-refractivity contribution in [2.75, 3.05) is 18.6 Å². The van der Waals surface area contributed by atoms with Gasteiger partial charge in [-0.25, -0.2) is 0 Å². The van der Waals surface area contributed by atoms with Gasteiger partial charge in [-0.15, -0.1) is 0 Å². The molecule has 0 saturated heterocycles. The van der Waals surface area contributed by atoms with Crippen LogP contribution >= 0.6 is 11.8 Å². The van der Waals surface area contributed by atoms with Crippen LogP contribution in [0.3, 0.4) is 0 Å². The van der Waals surface area contributed by atoms with Gasteiger partial charge in [0.25, 0.3) is 0 Å². The summed E-state index contributed by atoms with van der Waals surface area (Å²) in [6, 6.07) is 0.697. The summed E-state index contributed by atoms with van der Waals surface area (Å²) in [4.78, 5) is 0. The molecule has 0 rings (SSSR count). The Morgan fingerprint density at radius 2 is 2.22 bits per heavy atom. The van der Waals surface area contributed by atoms with Crippen LogP contribution in [0.25, 0.3) is 0 Å². The number of rotatable bonds is 5. The van der Waals surface area contributed by atoms with Crippen LogP contribution in [0.4, 0.5) is 0 Å². The molecule has 0 radical (unpaired) electrons. The van der Waals surface area contributed by atoms with E-state index in [0.29, 0.717) is 6.04 Å². The minimum Gasteiger partial charge on any atom is -0.315 e. The minimum absolute atomic E-state index is 0.697. The highest BCUT2D eigenvalue weighted by Gasteiger charge is 1.95. The first-order chi connectivity index (χ1) is 4.31. The molecule has 0 aromatic rings. The van der Waals surface area contributed by atoms with Gasteiger partial charge in [0.2, 0.25) is 0 Å². The molecular formula is C7H17NS. The van der Waals surface area contributed by atoms with E-state index in [9.17, 15) is 0 Å². The normalized spacial score (nSPS) is 13.7. The smallest absolute Gasteiger partial charge is 0.00464 e. The highest BCUT2D eigenvalue weighted by molar-refractivity contribution is 7.98. The van der Waals surface area contributed by atoms with E-state index in [1.807, 2.05) is 11.8 Å². The monoisotopic (exact) mass is 147 g/mol. The third-order valence-corrected chi connectivity index (χ3v) is 1.95. The summed E-state index contributed by atoms with van der Waals surface area (Å²) in [5.74, 6) is 1.27. The Kier molecular flexibility index (Phi) is 6.65. The largest absolute Gasteiger partial charge is 0.315 e. The van der Waals surface area contributed by atoms with Crippen LogP contribution in [-0.4, -0.2) is 24.6 Å². The summed E-state index contributed by atoms with van der Waals surface area (Å²) in [5.41, 5.74) is 0. The Hall–Kier alpha value is 0.310. The van der Waals surface area contributed by atoms with Crippen molar-refractivity contribution in [1.29, 1.82) is 0 Å². The maximum atomic E-state index is 3.37. The first-order valence-electron chi connectivity index (χ1n) is 3.53. The van der Waals surface area contributed by atoms with Crippen LogP contribution in [0.5, 0.6) is 0 Å². The standard InChI is InChI=1S/C7H17NS/c1-4-8-7(2)5-6-9-3/h7-8H,4-6H2,1-3H3. The lowest BCUT2D eigenvalue weighted by molar-refractivity contribution is 0.556. The molecule has 0 bridgehead atoms. The first-order valence-corrected chi connectivity index (χ1v) is 4.93. The highest BCUT2D eigenvalue weighted by atomic mass is 32.2. The van der Waals surface area contributed by atoms with Crippen molar-refractivity contribution in [1.82, 2.24) is 5.32 Å². The fraction of sp³-hybridized carbons (Fsp3) is 1.00. The lowest BCUT2D eigenvalue weighted by Gasteiger charge is -2.09. The van der Waals surface area contributed by atoms with E-state index < -0.39 is 0 Å². The van der Waals surface area contributed by atoms with E-state index in [0.717, 1.165) is 6.54 Å². The molecule has 0 aliphatic heterocycles. The van der Waals surface area contributed by atoms with Crippen LogP contribution in [0, 0.1) is 0 Å². The molecule has 1 N–H and O–H groups in total. The summed E-state index contributed by atoms with van der Waals surface area (Å²) in [6.07, 6.45) is 3.44. The first kappa shape index (κ1) is 9.31. The molecule has 0 saturated carbocycles. The van der Waals surface area contributed by atoms with Crippen LogP contribution in [0.2, 0.25) is 0 Å². The zero-order chi connectivity index (χ0) is 7.11. The van der Waals surface area contributed by atoms with Gasteiger partial charge in [0.05, 0.1) is 0 Å². The second kappa shape index (κ2) is 6.43. The van der Waals surface area contributed by atoms with E-state index in [2.05, 4.69) is 25.4 Å². The van der Waals surface area contributed by atoms with Gasteiger partial charge in [-0.05, 0) is 31.9 Å². The molecular weight excluding hydrogens is 130 g/mol. The van der Waals surface area contributed by atoms with Gasteiger partial charge in [0.1, 0.15) is 0 Å². The molecule has 0 aliphatic carbocycles. The molecule has 9 heavy (non-hydrogen) atoms. The van der Waals surface area contributed by atoms with Gasteiger partial charge in [-0.1, -0.05) is 6.92 Å². The van der Waals surface area contributed by atoms with Crippen molar-refractivity contribution in [3.8, 4) is 0 Å².